The van der Waals surface area contributed by atoms with Crippen LogP contribution in [-0.4, -0.2) is 43.8 Å². The van der Waals surface area contributed by atoms with Gasteiger partial charge in [-0.3, -0.25) is 0 Å². The molecule has 5 atom stereocenters. The molecule has 0 aromatic rings. The molecule has 98 valence electrons. The molecule has 4 nitrogen and oxygen atoms in total. The third kappa shape index (κ3) is 2.50. The molecule has 5 N–H and O–H groups in total. The summed E-state index contributed by atoms with van der Waals surface area (Å²) in [6.07, 6.45) is 6.41. The van der Waals surface area contributed by atoms with Gasteiger partial charge in [-0.25, -0.2) is 0 Å². The molecule has 0 radical (unpaired) electrons. The third-order valence-electron chi connectivity index (χ3n) is 4.87. The predicted molar refractivity (Wildman–Crippen MR) is 69.9 cm³/mol. The Morgan fingerprint density at radius 3 is 2.71 bits per heavy atom. The standard InChI is InChI=1S/C13H26N4/c14-10-7-12(11-3-1-2-5-16-11)17-13-8-15-6-4-9(10)13/h9-13,15-17H,1-8,14H2. The van der Waals surface area contributed by atoms with Crippen molar-refractivity contribution in [1.82, 2.24) is 16.0 Å². The highest BCUT2D eigenvalue weighted by Crippen LogP contribution is 2.27. The Hall–Kier alpha value is -0.160. The smallest absolute Gasteiger partial charge is 0.0239 e. The molecule has 0 saturated carbocycles. The maximum Gasteiger partial charge on any atom is 0.0239 e. The van der Waals surface area contributed by atoms with E-state index in [2.05, 4.69) is 16.0 Å². The van der Waals surface area contributed by atoms with Crippen LogP contribution in [0.5, 0.6) is 0 Å². The number of hydrogen-bond donors (Lipinski definition) is 4. The summed E-state index contributed by atoms with van der Waals surface area (Å²) in [6.45, 7) is 3.43. The van der Waals surface area contributed by atoms with Crippen LogP contribution < -0.4 is 21.7 Å². The van der Waals surface area contributed by atoms with Crippen molar-refractivity contribution in [3.63, 3.8) is 0 Å². The van der Waals surface area contributed by atoms with Crippen LogP contribution in [0.15, 0.2) is 0 Å². The topological polar surface area (TPSA) is 62.1 Å². The molecule has 0 bridgehead atoms. The maximum atomic E-state index is 6.39. The number of nitrogens with two attached hydrogens (primary N) is 1. The Morgan fingerprint density at radius 1 is 0.941 bits per heavy atom. The molecular formula is C13H26N4. The van der Waals surface area contributed by atoms with E-state index in [0.717, 1.165) is 19.5 Å². The first-order valence-electron chi connectivity index (χ1n) is 7.30. The predicted octanol–water partition coefficient (Wildman–Crippen LogP) is -0.204. The second kappa shape index (κ2) is 5.22. The molecule has 4 heteroatoms. The summed E-state index contributed by atoms with van der Waals surface area (Å²) in [5, 5.41) is 11.0. The van der Waals surface area contributed by atoms with Crippen LogP contribution in [0.1, 0.15) is 32.1 Å². The molecule has 0 spiro atoms. The summed E-state index contributed by atoms with van der Waals surface area (Å²) in [5.41, 5.74) is 6.39. The van der Waals surface area contributed by atoms with Crippen molar-refractivity contribution in [3.05, 3.63) is 0 Å². The van der Waals surface area contributed by atoms with Crippen LogP contribution in [0, 0.1) is 5.92 Å². The monoisotopic (exact) mass is 238 g/mol. The first-order valence-corrected chi connectivity index (χ1v) is 7.30. The number of fused-ring (bicyclic) bond motifs is 1. The van der Waals surface area contributed by atoms with Crippen molar-refractivity contribution >= 4 is 0 Å². The SMILES string of the molecule is NC1CC(C2CCCCN2)NC2CNCCC12. The summed E-state index contributed by atoms with van der Waals surface area (Å²) in [4.78, 5) is 0. The lowest BCUT2D eigenvalue weighted by Crippen LogP contribution is -2.66. The van der Waals surface area contributed by atoms with Gasteiger partial charge in [0.25, 0.3) is 0 Å². The number of hydrogen-bond acceptors (Lipinski definition) is 4. The van der Waals surface area contributed by atoms with Gasteiger partial charge in [0.15, 0.2) is 0 Å². The van der Waals surface area contributed by atoms with E-state index >= 15 is 0 Å². The highest BCUT2D eigenvalue weighted by atomic mass is 15.1. The summed E-state index contributed by atoms with van der Waals surface area (Å²) in [5.74, 6) is 0.691. The summed E-state index contributed by atoms with van der Waals surface area (Å²) in [7, 11) is 0. The first-order chi connectivity index (χ1) is 8.34. The highest BCUT2D eigenvalue weighted by molar-refractivity contribution is 5.01. The van der Waals surface area contributed by atoms with Crippen LogP contribution in [0.2, 0.25) is 0 Å². The lowest BCUT2D eigenvalue weighted by atomic mass is 9.77. The van der Waals surface area contributed by atoms with E-state index in [1.54, 1.807) is 0 Å². The fraction of sp³-hybridized carbons (Fsp3) is 1.00. The molecule has 3 heterocycles. The molecular weight excluding hydrogens is 212 g/mol. The van der Waals surface area contributed by atoms with E-state index in [0.29, 0.717) is 30.1 Å². The van der Waals surface area contributed by atoms with Crippen molar-refractivity contribution in [2.24, 2.45) is 11.7 Å². The van der Waals surface area contributed by atoms with Gasteiger partial charge in [-0.05, 0) is 44.7 Å². The van der Waals surface area contributed by atoms with Gasteiger partial charge >= 0.3 is 0 Å². The summed E-state index contributed by atoms with van der Waals surface area (Å²) in [6, 6.07) is 2.24. The number of rotatable bonds is 1. The van der Waals surface area contributed by atoms with E-state index in [9.17, 15) is 0 Å². The molecule has 17 heavy (non-hydrogen) atoms. The molecule has 5 unspecified atom stereocenters. The van der Waals surface area contributed by atoms with Crippen molar-refractivity contribution < 1.29 is 0 Å². The molecule has 3 fully saturated rings. The Balaban J connectivity index is 1.63. The summed E-state index contributed by atoms with van der Waals surface area (Å²) < 4.78 is 0. The molecule has 3 aliphatic rings. The van der Waals surface area contributed by atoms with Crippen molar-refractivity contribution in [2.45, 2.75) is 56.3 Å². The van der Waals surface area contributed by atoms with Crippen LogP contribution in [-0.2, 0) is 0 Å². The zero-order chi connectivity index (χ0) is 11.7. The van der Waals surface area contributed by atoms with Gasteiger partial charge in [0.2, 0.25) is 0 Å². The van der Waals surface area contributed by atoms with Gasteiger partial charge in [0, 0.05) is 30.7 Å². The van der Waals surface area contributed by atoms with E-state index in [1.807, 2.05) is 0 Å². The van der Waals surface area contributed by atoms with Gasteiger partial charge in [-0.2, -0.15) is 0 Å². The Bertz CT molecular complexity index is 252. The fourth-order valence-electron chi connectivity index (χ4n) is 3.89. The number of piperidine rings is 3. The Morgan fingerprint density at radius 2 is 1.88 bits per heavy atom. The van der Waals surface area contributed by atoms with E-state index < -0.39 is 0 Å². The Kier molecular flexibility index (Phi) is 3.66. The lowest BCUT2D eigenvalue weighted by Gasteiger charge is -2.47. The van der Waals surface area contributed by atoms with E-state index in [-0.39, 0.29) is 0 Å². The average Bonchev–Trinajstić information content (AvgIpc) is 2.40. The lowest BCUT2D eigenvalue weighted by molar-refractivity contribution is 0.135. The van der Waals surface area contributed by atoms with Crippen LogP contribution in [0.3, 0.4) is 0 Å². The largest absolute Gasteiger partial charge is 0.327 e. The van der Waals surface area contributed by atoms with Gasteiger partial charge in [-0.1, -0.05) is 6.42 Å². The molecule has 3 aliphatic heterocycles. The zero-order valence-corrected chi connectivity index (χ0v) is 10.6. The van der Waals surface area contributed by atoms with E-state index in [1.165, 1.54) is 32.2 Å². The van der Waals surface area contributed by atoms with Crippen molar-refractivity contribution in [1.29, 1.82) is 0 Å². The van der Waals surface area contributed by atoms with Gasteiger partial charge in [0.05, 0.1) is 0 Å². The van der Waals surface area contributed by atoms with Gasteiger partial charge < -0.3 is 21.7 Å². The minimum atomic E-state index is 0.400. The molecule has 3 rings (SSSR count). The molecule has 0 aliphatic carbocycles. The fourth-order valence-corrected chi connectivity index (χ4v) is 3.89. The average molecular weight is 238 g/mol. The Labute approximate surface area is 104 Å². The maximum absolute atomic E-state index is 6.39. The normalized spacial score (nSPS) is 47.5. The molecule has 0 amide bonds. The number of nitrogens with one attached hydrogen (secondary N) is 3. The second-order valence-corrected chi connectivity index (χ2v) is 5.99. The highest BCUT2D eigenvalue weighted by Gasteiger charge is 2.39. The zero-order valence-electron chi connectivity index (χ0n) is 10.6. The minimum absolute atomic E-state index is 0.400. The van der Waals surface area contributed by atoms with Gasteiger partial charge in [0.1, 0.15) is 0 Å². The van der Waals surface area contributed by atoms with Crippen molar-refractivity contribution in [2.75, 3.05) is 19.6 Å². The second-order valence-electron chi connectivity index (χ2n) is 5.99. The summed E-state index contributed by atoms with van der Waals surface area (Å²) >= 11 is 0. The van der Waals surface area contributed by atoms with Crippen LogP contribution in [0.25, 0.3) is 0 Å². The molecule has 0 aromatic carbocycles. The third-order valence-corrected chi connectivity index (χ3v) is 4.87. The van der Waals surface area contributed by atoms with Gasteiger partial charge in [-0.15, -0.1) is 0 Å². The quantitative estimate of drug-likeness (QED) is 0.511. The minimum Gasteiger partial charge on any atom is -0.327 e. The molecule has 0 aromatic heterocycles. The van der Waals surface area contributed by atoms with Crippen LogP contribution >= 0.6 is 0 Å². The first kappa shape index (κ1) is 11.9. The van der Waals surface area contributed by atoms with Crippen LogP contribution in [0.4, 0.5) is 0 Å². The van der Waals surface area contributed by atoms with E-state index in [4.69, 9.17) is 5.73 Å². The van der Waals surface area contributed by atoms with Crippen molar-refractivity contribution in [3.8, 4) is 0 Å². The molecule has 3 saturated heterocycles.